The molecular formula is C13H12N8. The minimum absolute atomic E-state index is 0.538. The summed E-state index contributed by atoms with van der Waals surface area (Å²) in [5, 5.41) is 3.16. The van der Waals surface area contributed by atoms with Gasteiger partial charge in [-0.1, -0.05) is 0 Å². The SMILES string of the molecule is Cn1cnc2nc(NCc3cn4ccncc4n3)ncc21. The van der Waals surface area contributed by atoms with E-state index < -0.39 is 0 Å². The molecule has 21 heavy (non-hydrogen) atoms. The van der Waals surface area contributed by atoms with Crippen molar-refractivity contribution in [2.45, 2.75) is 6.54 Å². The summed E-state index contributed by atoms with van der Waals surface area (Å²) >= 11 is 0. The van der Waals surface area contributed by atoms with Gasteiger partial charge in [0.1, 0.15) is 5.52 Å². The fraction of sp³-hybridized carbons (Fsp3) is 0.154. The molecule has 0 radical (unpaired) electrons. The number of nitrogens with one attached hydrogen (secondary N) is 1. The van der Waals surface area contributed by atoms with E-state index in [-0.39, 0.29) is 0 Å². The monoisotopic (exact) mass is 280 g/mol. The summed E-state index contributed by atoms with van der Waals surface area (Å²) in [5.74, 6) is 0.538. The second-order valence-electron chi connectivity index (χ2n) is 4.69. The molecule has 0 bridgehead atoms. The molecule has 0 aliphatic heterocycles. The number of aryl methyl sites for hydroxylation is 1. The van der Waals surface area contributed by atoms with Gasteiger partial charge in [-0.3, -0.25) is 4.98 Å². The first-order valence-corrected chi connectivity index (χ1v) is 6.45. The van der Waals surface area contributed by atoms with Crippen LogP contribution in [0, 0.1) is 0 Å². The highest BCUT2D eigenvalue weighted by Gasteiger charge is 2.05. The van der Waals surface area contributed by atoms with Crippen LogP contribution in [-0.4, -0.2) is 33.9 Å². The lowest BCUT2D eigenvalue weighted by Crippen LogP contribution is -2.04. The number of fused-ring (bicyclic) bond motifs is 2. The summed E-state index contributed by atoms with van der Waals surface area (Å²) < 4.78 is 3.81. The molecule has 0 unspecified atom stereocenters. The fourth-order valence-corrected chi connectivity index (χ4v) is 2.15. The number of nitrogens with zero attached hydrogens (tertiary/aromatic N) is 7. The third kappa shape index (κ3) is 2.06. The maximum Gasteiger partial charge on any atom is 0.225 e. The molecule has 4 heterocycles. The lowest BCUT2D eigenvalue weighted by molar-refractivity contribution is 0.943. The normalized spacial score (nSPS) is 11.3. The molecule has 4 aromatic rings. The molecule has 104 valence electrons. The van der Waals surface area contributed by atoms with Crippen molar-refractivity contribution in [2.24, 2.45) is 7.05 Å². The molecule has 0 aromatic carbocycles. The maximum atomic E-state index is 4.46. The summed E-state index contributed by atoms with van der Waals surface area (Å²) in [7, 11) is 1.91. The van der Waals surface area contributed by atoms with E-state index in [0.29, 0.717) is 18.1 Å². The molecular weight excluding hydrogens is 268 g/mol. The van der Waals surface area contributed by atoms with Gasteiger partial charge in [-0.05, 0) is 0 Å². The van der Waals surface area contributed by atoms with Crippen LogP contribution in [-0.2, 0) is 13.6 Å². The van der Waals surface area contributed by atoms with Crippen molar-refractivity contribution < 1.29 is 0 Å². The highest BCUT2D eigenvalue weighted by atomic mass is 15.2. The van der Waals surface area contributed by atoms with Gasteiger partial charge < -0.3 is 14.3 Å². The van der Waals surface area contributed by atoms with Gasteiger partial charge in [-0.2, -0.15) is 4.98 Å². The predicted molar refractivity (Wildman–Crippen MR) is 76.6 cm³/mol. The first-order valence-electron chi connectivity index (χ1n) is 6.45. The van der Waals surface area contributed by atoms with Crippen molar-refractivity contribution in [3.63, 3.8) is 0 Å². The highest BCUT2D eigenvalue weighted by molar-refractivity contribution is 5.70. The van der Waals surface area contributed by atoms with E-state index in [4.69, 9.17) is 0 Å². The number of hydrogen-bond donors (Lipinski definition) is 1. The van der Waals surface area contributed by atoms with Crippen LogP contribution in [0.5, 0.6) is 0 Å². The van der Waals surface area contributed by atoms with Crippen LogP contribution < -0.4 is 5.32 Å². The molecule has 8 heteroatoms. The molecule has 4 rings (SSSR count). The minimum Gasteiger partial charge on any atom is -0.348 e. The smallest absolute Gasteiger partial charge is 0.225 e. The van der Waals surface area contributed by atoms with Crippen molar-refractivity contribution in [3.05, 3.63) is 43.0 Å². The Morgan fingerprint density at radius 1 is 1.19 bits per heavy atom. The number of hydrogen-bond acceptors (Lipinski definition) is 6. The molecule has 1 N–H and O–H groups in total. The number of rotatable bonds is 3. The summed E-state index contributed by atoms with van der Waals surface area (Å²) in [5.41, 5.74) is 3.29. The van der Waals surface area contributed by atoms with Crippen LogP contribution in [0.3, 0.4) is 0 Å². The molecule has 0 aliphatic rings. The zero-order valence-electron chi connectivity index (χ0n) is 11.3. The summed E-state index contributed by atoms with van der Waals surface area (Å²) in [4.78, 5) is 21.4. The van der Waals surface area contributed by atoms with E-state index in [2.05, 4.69) is 30.2 Å². The van der Waals surface area contributed by atoms with Gasteiger partial charge in [0.15, 0.2) is 11.3 Å². The van der Waals surface area contributed by atoms with E-state index in [1.54, 1.807) is 24.9 Å². The van der Waals surface area contributed by atoms with E-state index in [9.17, 15) is 0 Å². The maximum absolute atomic E-state index is 4.46. The number of anilines is 1. The van der Waals surface area contributed by atoms with Crippen molar-refractivity contribution >= 4 is 22.8 Å². The predicted octanol–water partition coefficient (Wildman–Crippen LogP) is 1.02. The topological polar surface area (TPSA) is 85.8 Å². The Morgan fingerprint density at radius 2 is 2.14 bits per heavy atom. The standard InChI is InChI=1S/C13H12N8/c1-20-8-17-12-10(20)5-16-13(19-12)15-4-9-7-21-3-2-14-6-11(21)18-9/h2-3,5-8H,4H2,1H3,(H,15,16,19). The lowest BCUT2D eigenvalue weighted by atomic mass is 10.5. The summed E-state index contributed by atoms with van der Waals surface area (Å²) in [6.07, 6.45) is 10.7. The molecule has 4 aromatic heterocycles. The zero-order chi connectivity index (χ0) is 14.2. The quantitative estimate of drug-likeness (QED) is 0.603. The fourth-order valence-electron chi connectivity index (χ4n) is 2.15. The number of imidazole rings is 2. The van der Waals surface area contributed by atoms with Gasteiger partial charge in [0, 0.05) is 25.6 Å². The third-order valence-corrected chi connectivity index (χ3v) is 3.23. The molecule has 0 aliphatic carbocycles. The van der Waals surface area contributed by atoms with Crippen LogP contribution in [0.15, 0.2) is 37.3 Å². The van der Waals surface area contributed by atoms with Gasteiger partial charge in [-0.25, -0.2) is 15.0 Å². The van der Waals surface area contributed by atoms with Crippen LogP contribution in [0.25, 0.3) is 16.8 Å². The van der Waals surface area contributed by atoms with Crippen molar-refractivity contribution in [2.75, 3.05) is 5.32 Å². The van der Waals surface area contributed by atoms with Crippen LogP contribution in [0.1, 0.15) is 5.69 Å². The molecule has 0 fully saturated rings. The largest absolute Gasteiger partial charge is 0.348 e. The van der Waals surface area contributed by atoms with E-state index >= 15 is 0 Å². The minimum atomic E-state index is 0.538. The number of aromatic nitrogens is 7. The van der Waals surface area contributed by atoms with E-state index in [0.717, 1.165) is 16.9 Å². The van der Waals surface area contributed by atoms with Crippen molar-refractivity contribution in [1.29, 1.82) is 0 Å². The van der Waals surface area contributed by atoms with Crippen LogP contribution in [0.2, 0.25) is 0 Å². The average Bonchev–Trinajstić information content (AvgIpc) is 3.08. The second kappa shape index (κ2) is 4.51. The summed E-state index contributed by atoms with van der Waals surface area (Å²) in [6, 6.07) is 0. The van der Waals surface area contributed by atoms with Gasteiger partial charge in [-0.15, -0.1) is 0 Å². The van der Waals surface area contributed by atoms with Gasteiger partial charge >= 0.3 is 0 Å². The third-order valence-electron chi connectivity index (χ3n) is 3.23. The van der Waals surface area contributed by atoms with E-state index in [1.807, 2.05) is 28.4 Å². The van der Waals surface area contributed by atoms with E-state index in [1.165, 1.54) is 0 Å². The Kier molecular flexibility index (Phi) is 2.53. The zero-order valence-corrected chi connectivity index (χ0v) is 11.3. The Morgan fingerprint density at radius 3 is 3.05 bits per heavy atom. The molecule has 0 spiro atoms. The molecule has 0 atom stereocenters. The lowest BCUT2D eigenvalue weighted by Gasteiger charge is -2.01. The van der Waals surface area contributed by atoms with Gasteiger partial charge in [0.2, 0.25) is 5.95 Å². The Balaban J connectivity index is 1.57. The Labute approximate surface area is 119 Å². The van der Waals surface area contributed by atoms with Gasteiger partial charge in [0.05, 0.1) is 31.0 Å². The molecule has 0 saturated heterocycles. The molecule has 0 amide bonds. The van der Waals surface area contributed by atoms with Crippen molar-refractivity contribution in [1.82, 2.24) is 33.9 Å². The molecule has 0 saturated carbocycles. The second-order valence-corrected chi connectivity index (χ2v) is 4.69. The van der Waals surface area contributed by atoms with Crippen LogP contribution >= 0.6 is 0 Å². The first kappa shape index (κ1) is 11.8. The molecule has 8 nitrogen and oxygen atoms in total. The first-order chi connectivity index (χ1) is 10.3. The van der Waals surface area contributed by atoms with Gasteiger partial charge in [0.25, 0.3) is 0 Å². The summed E-state index contributed by atoms with van der Waals surface area (Å²) in [6.45, 7) is 0.542. The Hall–Kier alpha value is -3.03. The van der Waals surface area contributed by atoms with Crippen molar-refractivity contribution in [3.8, 4) is 0 Å². The highest BCUT2D eigenvalue weighted by Crippen LogP contribution is 2.11. The Bertz CT molecular complexity index is 889. The average molecular weight is 280 g/mol. The van der Waals surface area contributed by atoms with Crippen LogP contribution in [0.4, 0.5) is 5.95 Å².